The number of benzene rings is 1. The average Bonchev–Trinajstić information content (AvgIpc) is 3.13. The lowest BCUT2D eigenvalue weighted by molar-refractivity contribution is 0.167. The van der Waals surface area contributed by atoms with Crippen LogP contribution in [0.5, 0.6) is 0 Å². The molecular formula is C22H28FN5. The Morgan fingerprint density at radius 2 is 2.11 bits per heavy atom. The van der Waals surface area contributed by atoms with Gasteiger partial charge in [0.1, 0.15) is 11.6 Å². The lowest BCUT2D eigenvalue weighted by atomic mass is 10.0. The van der Waals surface area contributed by atoms with Crippen molar-refractivity contribution >= 4 is 11.5 Å². The minimum Gasteiger partial charge on any atom is -0.369 e. The molecule has 3 heterocycles. The number of hydrogen-bond acceptors (Lipinski definition) is 4. The number of nitrogens with zero attached hydrogens (tertiary/aromatic N) is 4. The van der Waals surface area contributed by atoms with E-state index in [1.54, 1.807) is 10.7 Å². The van der Waals surface area contributed by atoms with E-state index in [0.717, 1.165) is 36.5 Å². The van der Waals surface area contributed by atoms with Gasteiger partial charge in [0.25, 0.3) is 0 Å². The maximum absolute atomic E-state index is 14.5. The van der Waals surface area contributed by atoms with Crippen molar-refractivity contribution in [3.05, 3.63) is 48.0 Å². The first-order chi connectivity index (χ1) is 13.7. The molecule has 0 bridgehead atoms. The highest BCUT2D eigenvalue weighted by Crippen LogP contribution is 2.28. The Morgan fingerprint density at radius 1 is 1.21 bits per heavy atom. The maximum atomic E-state index is 14.5. The average molecular weight is 381 g/mol. The highest BCUT2D eigenvalue weighted by molar-refractivity contribution is 5.78. The van der Waals surface area contributed by atoms with E-state index in [-0.39, 0.29) is 5.82 Å². The summed E-state index contributed by atoms with van der Waals surface area (Å²) >= 11 is 0. The number of anilines is 1. The summed E-state index contributed by atoms with van der Waals surface area (Å²) in [6, 6.07) is 7.82. The lowest BCUT2D eigenvalue weighted by Crippen LogP contribution is -2.40. The third kappa shape index (κ3) is 3.87. The van der Waals surface area contributed by atoms with Crippen molar-refractivity contribution in [3.8, 4) is 11.1 Å². The van der Waals surface area contributed by atoms with Gasteiger partial charge in [-0.3, -0.25) is 4.90 Å². The Kier molecular flexibility index (Phi) is 5.57. The number of likely N-dealkylation sites (tertiary alicyclic amines) is 1. The Balaban J connectivity index is 1.53. The molecule has 1 saturated heterocycles. The van der Waals surface area contributed by atoms with Crippen LogP contribution in [0, 0.1) is 5.82 Å². The molecule has 5 nitrogen and oxygen atoms in total. The maximum Gasteiger partial charge on any atom is 0.165 e. The van der Waals surface area contributed by atoms with Crippen LogP contribution < -0.4 is 5.32 Å². The standard InChI is InChI=1S/C22H28FN5/c1-3-17-7-8-20(23)18(14-17)19-15-25-28-12-9-21(26-22(19)28)24-10-13-27-11-5-4-6-16(27)2/h7-9,12,14-16H,3-6,10-11,13H2,1-2H3,(H,24,26). The van der Waals surface area contributed by atoms with Crippen molar-refractivity contribution in [2.24, 2.45) is 0 Å². The zero-order chi connectivity index (χ0) is 19.5. The smallest absolute Gasteiger partial charge is 0.165 e. The highest BCUT2D eigenvalue weighted by atomic mass is 19.1. The molecule has 1 atom stereocenters. The van der Waals surface area contributed by atoms with Crippen molar-refractivity contribution in [1.82, 2.24) is 19.5 Å². The molecule has 148 valence electrons. The molecule has 1 aliphatic heterocycles. The molecule has 1 aliphatic rings. The molecule has 28 heavy (non-hydrogen) atoms. The van der Waals surface area contributed by atoms with Gasteiger partial charge in [-0.2, -0.15) is 5.10 Å². The Hall–Kier alpha value is -2.47. The summed E-state index contributed by atoms with van der Waals surface area (Å²) in [5, 5.41) is 7.77. The molecule has 6 heteroatoms. The van der Waals surface area contributed by atoms with Gasteiger partial charge in [-0.1, -0.05) is 19.4 Å². The van der Waals surface area contributed by atoms with Crippen LogP contribution in [0.15, 0.2) is 36.7 Å². The second-order valence-electron chi connectivity index (χ2n) is 7.61. The van der Waals surface area contributed by atoms with Crippen molar-refractivity contribution < 1.29 is 4.39 Å². The van der Waals surface area contributed by atoms with Gasteiger partial charge in [-0.25, -0.2) is 13.9 Å². The fourth-order valence-electron chi connectivity index (χ4n) is 3.97. The van der Waals surface area contributed by atoms with Gasteiger partial charge in [-0.15, -0.1) is 0 Å². The van der Waals surface area contributed by atoms with E-state index in [1.165, 1.54) is 31.9 Å². The summed E-state index contributed by atoms with van der Waals surface area (Å²) in [6.07, 6.45) is 8.34. The third-order valence-electron chi connectivity index (χ3n) is 5.74. The summed E-state index contributed by atoms with van der Waals surface area (Å²) in [7, 11) is 0. The van der Waals surface area contributed by atoms with Crippen LogP contribution >= 0.6 is 0 Å². The first-order valence-electron chi connectivity index (χ1n) is 10.3. The van der Waals surface area contributed by atoms with Crippen molar-refractivity contribution in [1.29, 1.82) is 0 Å². The molecule has 1 fully saturated rings. The number of aryl methyl sites for hydroxylation is 1. The largest absolute Gasteiger partial charge is 0.369 e. The van der Waals surface area contributed by atoms with Gasteiger partial charge in [0.05, 0.1) is 6.20 Å². The Labute approximate surface area is 165 Å². The SMILES string of the molecule is CCc1ccc(F)c(-c2cnn3ccc(NCCN4CCCCC4C)nc23)c1. The van der Waals surface area contributed by atoms with E-state index >= 15 is 0 Å². The third-order valence-corrected chi connectivity index (χ3v) is 5.74. The van der Waals surface area contributed by atoms with E-state index in [4.69, 9.17) is 4.98 Å². The lowest BCUT2D eigenvalue weighted by Gasteiger charge is -2.33. The zero-order valence-corrected chi connectivity index (χ0v) is 16.7. The fraction of sp³-hybridized carbons (Fsp3) is 0.455. The van der Waals surface area contributed by atoms with Gasteiger partial charge < -0.3 is 5.32 Å². The minimum absolute atomic E-state index is 0.244. The molecule has 0 saturated carbocycles. The normalized spacial score (nSPS) is 17.9. The minimum atomic E-state index is -0.244. The number of nitrogens with one attached hydrogen (secondary N) is 1. The molecular weight excluding hydrogens is 353 g/mol. The van der Waals surface area contributed by atoms with Crippen molar-refractivity contribution in [2.45, 2.75) is 45.6 Å². The summed E-state index contributed by atoms with van der Waals surface area (Å²) in [4.78, 5) is 7.25. The quantitative estimate of drug-likeness (QED) is 0.688. The number of fused-ring (bicyclic) bond motifs is 1. The van der Waals surface area contributed by atoms with Crippen LogP contribution in [0.3, 0.4) is 0 Å². The number of halogens is 1. The molecule has 0 aliphatic carbocycles. The van der Waals surface area contributed by atoms with E-state index in [2.05, 4.69) is 29.2 Å². The van der Waals surface area contributed by atoms with E-state index in [1.807, 2.05) is 24.4 Å². The fourth-order valence-corrected chi connectivity index (χ4v) is 3.97. The van der Waals surface area contributed by atoms with E-state index in [9.17, 15) is 4.39 Å². The van der Waals surface area contributed by atoms with Crippen LogP contribution in [0.1, 0.15) is 38.7 Å². The molecule has 1 unspecified atom stereocenters. The van der Waals surface area contributed by atoms with E-state index in [0.29, 0.717) is 17.3 Å². The van der Waals surface area contributed by atoms with Crippen molar-refractivity contribution in [3.63, 3.8) is 0 Å². The van der Waals surface area contributed by atoms with Crippen molar-refractivity contribution in [2.75, 3.05) is 25.0 Å². The molecule has 4 rings (SSSR count). The Bertz CT molecular complexity index is 951. The second kappa shape index (κ2) is 8.27. The van der Waals surface area contributed by atoms with Gasteiger partial charge >= 0.3 is 0 Å². The monoisotopic (exact) mass is 381 g/mol. The molecule has 3 aromatic rings. The summed E-state index contributed by atoms with van der Waals surface area (Å²) in [5.74, 6) is 0.553. The number of hydrogen-bond donors (Lipinski definition) is 1. The predicted molar refractivity (Wildman–Crippen MR) is 111 cm³/mol. The highest BCUT2D eigenvalue weighted by Gasteiger charge is 2.17. The van der Waals surface area contributed by atoms with Gasteiger partial charge in [-0.05, 0) is 56.5 Å². The van der Waals surface area contributed by atoms with E-state index < -0.39 is 0 Å². The molecule has 1 N–H and O–H groups in total. The summed E-state index contributed by atoms with van der Waals surface area (Å²) in [5.41, 5.74) is 3.05. The predicted octanol–water partition coefficient (Wildman–Crippen LogP) is 4.38. The van der Waals surface area contributed by atoms with Gasteiger partial charge in [0, 0.05) is 36.5 Å². The van der Waals surface area contributed by atoms with Crippen LogP contribution in [-0.2, 0) is 6.42 Å². The second-order valence-corrected chi connectivity index (χ2v) is 7.61. The first-order valence-corrected chi connectivity index (χ1v) is 10.3. The van der Waals surface area contributed by atoms with Crippen LogP contribution in [0.4, 0.5) is 10.2 Å². The van der Waals surface area contributed by atoms with Crippen LogP contribution in [0.25, 0.3) is 16.8 Å². The Morgan fingerprint density at radius 3 is 2.93 bits per heavy atom. The number of piperidine rings is 1. The first kappa shape index (κ1) is 18.9. The molecule has 0 radical (unpaired) electrons. The number of rotatable bonds is 6. The molecule has 0 amide bonds. The molecule has 2 aromatic heterocycles. The van der Waals surface area contributed by atoms with Crippen LogP contribution in [0.2, 0.25) is 0 Å². The van der Waals surface area contributed by atoms with Crippen LogP contribution in [-0.4, -0.2) is 45.2 Å². The van der Waals surface area contributed by atoms with Gasteiger partial charge in [0.15, 0.2) is 5.65 Å². The summed E-state index contributed by atoms with van der Waals surface area (Å²) < 4.78 is 16.2. The zero-order valence-electron chi connectivity index (χ0n) is 16.7. The topological polar surface area (TPSA) is 45.5 Å². The van der Waals surface area contributed by atoms with Gasteiger partial charge in [0.2, 0.25) is 0 Å². The molecule has 1 aromatic carbocycles. The summed E-state index contributed by atoms with van der Waals surface area (Å²) in [6.45, 7) is 7.40. The number of aromatic nitrogens is 3. The molecule has 0 spiro atoms.